The second-order valence-corrected chi connectivity index (χ2v) is 19.9. The number of carbonyl (C=O) groups is 2. The van der Waals surface area contributed by atoms with E-state index in [9.17, 15) is 19.8 Å². The summed E-state index contributed by atoms with van der Waals surface area (Å²) in [7, 11) is -4.29. The number of nitrogens with zero attached hydrogens (tertiary/aromatic N) is 2. The molecule has 1 heterocycles. The van der Waals surface area contributed by atoms with Crippen molar-refractivity contribution in [1.29, 1.82) is 0 Å². The number of unbranched alkanes of at least 4 members (excludes halogenated alkanes) is 2. The number of amides is 2. The van der Waals surface area contributed by atoms with Crippen LogP contribution in [0.3, 0.4) is 0 Å². The number of sulfonamides is 1. The molecule has 3 aromatic rings. The Morgan fingerprint density at radius 2 is 1.71 bits per heavy atom. The quantitative estimate of drug-likeness (QED) is 0.0459. The standard InChI is InChI=1S/C50H66N4O10S/c1-7-26-54(65(59,60)39-23-20-37(21-24-39)52-34(3)57)45-32-43(53-64-49(4,5)6)41-30-36(18-12-14-27-55)40(19-13-15-28-56)46-42-31-38(62-48(58)51-33-35-16-10-9-11-17-35)22-25-44(42)63-50(45,47(41)46)61-29-8-2/h8-11,16-17,20-25,30-31,36,40,45-47,55-56H,2,7,12-15,18-19,26-29,32-33H2,1,3-6H3,(H,51,58)(H,52,57). The van der Waals surface area contributed by atoms with Crippen molar-refractivity contribution in [3.05, 3.63) is 108 Å². The molecule has 0 bridgehead atoms. The summed E-state index contributed by atoms with van der Waals surface area (Å²) in [4.78, 5) is 31.4. The molecule has 65 heavy (non-hydrogen) atoms. The molecule has 15 heteroatoms. The monoisotopic (exact) mass is 914 g/mol. The van der Waals surface area contributed by atoms with Crippen molar-refractivity contribution < 1.29 is 47.3 Å². The molecule has 14 nitrogen and oxygen atoms in total. The van der Waals surface area contributed by atoms with Gasteiger partial charge >= 0.3 is 6.09 Å². The molecule has 6 rings (SSSR count). The van der Waals surface area contributed by atoms with Gasteiger partial charge in [0.1, 0.15) is 17.1 Å². The minimum atomic E-state index is -4.29. The van der Waals surface area contributed by atoms with E-state index in [0.29, 0.717) is 55.0 Å². The van der Waals surface area contributed by atoms with Crippen molar-refractivity contribution in [1.82, 2.24) is 9.62 Å². The van der Waals surface area contributed by atoms with Crippen LogP contribution in [0.4, 0.5) is 10.5 Å². The molecule has 6 unspecified atom stereocenters. The normalized spacial score (nSPS) is 23.1. The van der Waals surface area contributed by atoms with Crippen molar-refractivity contribution in [3.8, 4) is 11.5 Å². The third-order valence-electron chi connectivity index (χ3n) is 12.1. The van der Waals surface area contributed by atoms with Crippen LogP contribution in [0.25, 0.3) is 0 Å². The van der Waals surface area contributed by atoms with E-state index >= 15 is 8.42 Å². The molecule has 0 saturated heterocycles. The summed E-state index contributed by atoms with van der Waals surface area (Å²) in [5, 5.41) is 30.3. The number of fused-ring (bicyclic) bond motifs is 2. The summed E-state index contributed by atoms with van der Waals surface area (Å²) in [5.74, 6) is -2.35. The number of anilines is 1. The molecule has 0 spiro atoms. The second-order valence-electron chi connectivity index (χ2n) is 18.0. The molecule has 0 radical (unpaired) electrons. The molecule has 1 saturated carbocycles. The lowest BCUT2D eigenvalue weighted by Gasteiger charge is -2.59. The van der Waals surface area contributed by atoms with Gasteiger partial charge in [-0.2, -0.15) is 4.31 Å². The minimum absolute atomic E-state index is 0.0244. The topological polar surface area (TPSA) is 185 Å². The number of hydrogen-bond donors (Lipinski definition) is 4. The van der Waals surface area contributed by atoms with Gasteiger partial charge in [0.25, 0.3) is 0 Å². The Balaban J connectivity index is 1.57. The van der Waals surface area contributed by atoms with Crippen molar-refractivity contribution >= 4 is 33.4 Å². The number of benzene rings is 3. The Labute approximate surface area is 384 Å². The number of rotatable bonds is 21. The average Bonchev–Trinajstić information content (AvgIpc) is 3.27. The van der Waals surface area contributed by atoms with Crippen LogP contribution < -0.4 is 20.1 Å². The van der Waals surface area contributed by atoms with Crippen LogP contribution in [0, 0.1) is 17.8 Å². The zero-order valence-electron chi connectivity index (χ0n) is 38.3. The number of aliphatic hydroxyl groups excluding tert-OH is 2. The van der Waals surface area contributed by atoms with Crippen LogP contribution in [0.2, 0.25) is 0 Å². The van der Waals surface area contributed by atoms with Gasteiger partial charge in [-0.05, 0) is 118 Å². The summed E-state index contributed by atoms with van der Waals surface area (Å²) in [6.45, 7) is 13.5. The highest BCUT2D eigenvalue weighted by atomic mass is 32.2. The average molecular weight is 915 g/mol. The van der Waals surface area contributed by atoms with E-state index in [4.69, 9.17) is 24.2 Å². The summed E-state index contributed by atoms with van der Waals surface area (Å²) in [6.07, 6.45) is 7.86. The van der Waals surface area contributed by atoms with Gasteiger partial charge in [0.05, 0.1) is 29.2 Å². The van der Waals surface area contributed by atoms with Crippen LogP contribution >= 0.6 is 0 Å². The number of ether oxygens (including phenoxy) is 3. The molecule has 2 aliphatic carbocycles. The van der Waals surface area contributed by atoms with Crippen molar-refractivity contribution in [2.75, 3.05) is 31.7 Å². The molecule has 2 amide bonds. The van der Waals surface area contributed by atoms with E-state index in [0.717, 1.165) is 29.5 Å². The van der Waals surface area contributed by atoms with Gasteiger partial charge in [-0.3, -0.25) is 4.79 Å². The van der Waals surface area contributed by atoms with E-state index in [1.807, 2.05) is 64.1 Å². The molecule has 352 valence electrons. The highest BCUT2D eigenvalue weighted by Crippen LogP contribution is 2.62. The summed E-state index contributed by atoms with van der Waals surface area (Å²) in [5.41, 5.74) is 2.84. The molecular weight excluding hydrogens is 849 g/mol. The molecular formula is C50H66N4O10S. The third-order valence-corrected chi connectivity index (χ3v) is 14.1. The number of aliphatic hydroxyl groups is 2. The first kappa shape index (κ1) is 49.4. The van der Waals surface area contributed by atoms with E-state index in [-0.39, 0.29) is 62.0 Å². The van der Waals surface area contributed by atoms with Gasteiger partial charge in [0, 0.05) is 56.8 Å². The number of hydrogen-bond acceptors (Lipinski definition) is 11. The zero-order valence-corrected chi connectivity index (χ0v) is 39.1. The molecule has 3 aromatic carbocycles. The predicted molar refractivity (Wildman–Crippen MR) is 250 cm³/mol. The second kappa shape index (κ2) is 22.0. The van der Waals surface area contributed by atoms with Crippen molar-refractivity contribution in [2.45, 2.75) is 121 Å². The molecule has 3 aliphatic rings. The van der Waals surface area contributed by atoms with E-state index in [1.54, 1.807) is 30.3 Å². The Kier molecular flexibility index (Phi) is 16.7. The van der Waals surface area contributed by atoms with E-state index in [2.05, 4.69) is 23.3 Å². The Morgan fingerprint density at radius 3 is 2.35 bits per heavy atom. The van der Waals surface area contributed by atoms with E-state index in [1.165, 1.54) is 23.4 Å². The largest absolute Gasteiger partial charge is 0.460 e. The maximum absolute atomic E-state index is 15.2. The summed E-state index contributed by atoms with van der Waals surface area (Å²) in [6, 6.07) is 19.9. The Morgan fingerprint density at radius 1 is 1.00 bits per heavy atom. The molecule has 1 fully saturated rings. The predicted octanol–water partition coefficient (Wildman–Crippen LogP) is 8.47. The van der Waals surface area contributed by atoms with Crippen LogP contribution in [0.5, 0.6) is 11.5 Å². The van der Waals surface area contributed by atoms with Gasteiger partial charge in [-0.15, -0.1) is 6.58 Å². The third kappa shape index (κ3) is 11.7. The number of oxime groups is 1. The lowest BCUT2D eigenvalue weighted by atomic mass is 9.55. The SMILES string of the molecule is C=CCOC12Oc3ccc(OC(=O)NCc4ccccc4)cc3C3C(CCCCO)C(CCCCO)C=C(C(=NOC(C)(C)C)CC1N(CCC)S(=O)(=O)c1ccc(NC(C)=O)cc1)C32. The first-order valence-electron chi connectivity index (χ1n) is 22.8. The minimum Gasteiger partial charge on any atom is -0.460 e. The lowest BCUT2D eigenvalue weighted by molar-refractivity contribution is -0.251. The number of carbonyl (C=O) groups excluding carboxylic acids is 2. The number of nitrogens with one attached hydrogen (secondary N) is 2. The highest BCUT2D eigenvalue weighted by Gasteiger charge is 2.66. The molecule has 6 atom stereocenters. The maximum atomic E-state index is 15.2. The van der Waals surface area contributed by atoms with Crippen LogP contribution in [0.15, 0.2) is 107 Å². The maximum Gasteiger partial charge on any atom is 0.412 e. The molecule has 4 N–H and O–H groups in total. The highest BCUT2D eigenvalue weighted by molar-refractivity contribution is 7.89. The zero-order chi connectivity index (χ0) is 46.8. The smallest absolute Gasteiger partial charge is 0.412 e. The van der Waals surface area contributed by atoms with Crippen LogP contribution in [-0.4, -0.2) is 84.4 Å². The fourth-order valence-electron chi connectivity index (χ4n) is 9.50. The fraction of sp³-hybridized carbons (Fsp3) is 0.500. The first-order chi connectivity index (χ1) is 31.1. The Bertz CT molecular complexity index is 2280. The van der Waals surface area contributed by atoms with Gasteiger partial charge in [-0.1, -0.05) is 67.4 Å². The van der Waals surface area contributed by atoms with Crippen LogP contribution in [0.1, 0.15) is 103 Å². The van der Waals surface area contributed by atoms with Gasteiger partial charge in [0.2, 0.25) is 21.7 Å². The summed E-state index contributed by atoms with van der Waals surface area (Å²) < 4.78 is 52.1. The van der Waals surface area contributed by atoms with Crippen LogP contribution in [-0.2, 0) is 30.9 Å². The summed E-state index contributed by atoms with van der Waals surface area (Å²) >= 11 is 0. The lowest BCUT2D eigenvalue weighted by Crippen LogP contribution is -2.70. The van der Waals surface area contributed by atoms with Crippen molar-refractivity contribution in [2.24, 2.45) is 22.9 Å². The Hall–Kier alpha value is -5.06. The molecule has 0 aromatic heterocycles. The first-order valence-corrected chi connectivity index (χ1v) is 24.3. The van der Waals surface area contributed by atoms with Gasteiger partial charge in [-0.25, -0.2) is 13.2 Å². The van der Waals surface area contributed by atoms with Crippen molar-refractivity contribution in [3.63, 3.8) is 0 Å². The van der Waals surface area contributed by atoms with E-state index < -0.39 is 45.4 Å². The van der Waals surface area contributed by atoms with Gasteiger partial charge < -0.3 is 39.9 Å². The number of allylic oxidation sites excluding steroid dienone is 1. The van der Waals surface area contributed by atoms with Gasteiger partial charge in [0.15, 0.2) is 0 Å². The fourth-order valence-corrected chi connectivity index (χ4v) is 11.2. The molecule has 1 aliphatic heterocycles.